The van der Waals surface area contributed by atoms with Crippen LogP contribution in [0.4, 0.5) is 10.2 Å². The molecule has 3 aromatic rings. The van der Waals surface area contributed by atoms with Crippen LogP contribution in [-0.4, -0.2) is 39.3 Å². The third kappa shape index (κ3) is 2.79. The molecular formula is C17H15FN4O3. The van der Waals surface area contributed by atoms with Crippen molar-refractivity contribution in [1.82, 2.24) is 15.1 Å². The van der Waals surface area contributed by atoms with Crippen LogP contribution in [0, 0.1) is 5.82 Å². The molecule has 2 aromatic heterocycles. The number of aromatic nitrogens is 3. The lowest BCUT2D eigenvalue weighted by Gasteiger charge is -2.28. The molecule has 0 radical (unpaired) electrons. The van der Waals surface area contributed by atoms with Crippen molar-refractivity contribution in [2.75, 3.05) is 18.0 Å². The molecule has 1 aromatic carbocycles. The molecule has 0 bridgehead atoms. The maximum atomic E-state index is 13.6. The molecule has 1 N–H and O–H groups in total. The summed E-state index contributed by atoms with van der Waals surface area (Å²) < 4.78 is 18.9. The van der Waals surface area contributed by atoms with Gasteiger partial charge in [-0.3, -0.25) is 0 Å². The number of piperidine rings is 1. The first-order valence-electron chi connectivity index (χ1n) is 8.05. The molecule has 7 nitrogen and oxygen atoms in total. The zero-order valence-corrected chi connectivity index (χ0v) is 13.3. The smallest absolute Gasteiger partial charge is 0.374 e. The topological polar surface area (TPSA) is 92.3 Å². The van der Waals surface area contributed by atoms with Crippen molar-refractivity contribution >= 4 is 22.9 Å². The van der Waals surface area contributed by atoms with Crippen molar-refractivity contribution in [1.29, 1.82) is 0 Å². The van der Waals surface area contributed by atoms with Crippen LogP contribution in [0.5, 0.6) is 0 Å². The first kappa shape index (κ1) is 15.5. The van der Waals surface area contributed by atoms with Crippen LogP contribution in [0.2, 0.25) is 0 Å². The Bertz CT molecular complexity index is 950. The van der Waals surface area contributed by atoms with Gasteiger partial charge >= 0.3 is 5.97 Å². The number of carboxylic acid groups (broad SMARTS) is 1. The minimum Gasteiger partial charge on any atom is -0.475 e. The lowest BCUT2D eigenvalue weighted by molar-refractivity contribution is 0.0683. The molecule has 0 saturated carbocycles. The van der Waals surface area contributed by atoms with Gasteiger partial charge in [0.05, 0.1) is 0 Å². The van der Waals surface area contributed by atoms with Crippen molar-refractivity contribution in [2.45, 2.75) is 19.3 Å². The molecule has 1 fully saturated rings. The van der Waals surface area contributed by atoms with Crippen LogP contribution in [0.25, 0.3) is 22.4 Å². The Kier molecular flexibility index (Phi) is 3.79. The summed E-state index contributed by atoms with van der Waals surface area (Å²) in [4.78, 5) is 21.5. The highest BCUT2D eigenvalue weighted by atomic mass is 19.1. The van der Waals surface area contributed by atoms with Gasteiger partial charge in [0.15, 0.2) is 0 Å². The van der Waals surface area contributed by atoms with Gasteiger partial charge in [-0.15, -0.1) is 0 Å². The molecule has 0 aliphatic carbocycles. The Morgan fingerprint density at radius 3 is 2.72 bits per heavy atom. The van der Waals surface area contributed by atoms with Crippen LogP contribution in [0.15, 0.2) is 28.8 Å². The maximum Gasteiger partial charge on any atom is 0.374 e. The van der Waals surface area contributed by atoms with E-state index in [1.165, 1.54) is 12.1 Å². The van der Waals surface area contributed by atoms with E-state index < -0.39 is 11.8 Å². The van der Waals surface area contributed by atoms with E-state index in [-0.39, 0.29) is 11.5 Å². The van der Waals surface area contributed by atoms with Gasteiger partial charge in [0, 0.05) is 18.7 Å². The first-order valence-corrected chi connectivity index (χ1v) is 8.05. The molecule has 25 heavy (non-hydrogen) atoms. The van der Waals surface area contributed by atoms with E-state index in [2.05, 4.69) is 15.1 Å². The Hall–Kier alpha value is -3.03. The summed E-state index contributed by atoms with van der Waals surface area (Å²) in [6, 6.07) is 5.99. The molecule has 8 heteroatoms. The maximum absolute atomic E-state index is 13.6. The van der Waals surface area contributed by atoms with Gasteiger partial charge in [0.25, 0.3) is 5.71 Å². The Labute approximate surface area is 142 Å². The highest BCUT2D eigenvalue weighted by Crippen LogP contribution is 2.34. The van der Waals surface area contributed by atoms with Gasteiger partial charge in [-0.1, -0.05) is 17.3 Å². The molecule has 0 atom stereocenters. The number of aromatic carboxylic acids is 1. The Morgan fingerprint density at radius 1 is 1.20 bits per heavy atom. The van der Waals surface area contributed by atoms with E-state index in [4.69, 9.17) is 4.52 Å². The molecular weight excluding hydrogens is 327 g/mol. The van der Waals surface area contributed by atoms with Crippen molar-refractivity contribution in [2.24, 2.45) is 0 Å². The van der Waals surface area contributed by atoms with Crippen LogP contribution in [0.3, 0.4) is 0 Å². The summed E-state index contributed by atoms with van der Waals surface area (Å²) in [5.74, 6) is -1.49. The normalized spacial score (nSPS) is 14.8. The van der Waals surface area contributed by atoms with E-state index in [1.54, 1.807) is 12.1 Å². The van der Waals surface area contributed by atoms with Crippen molar-refractivity contribution in [3.63, 3.8) is 0 Å². The molecule has 3 heterocycles. The number of carbonyl (C=O) groups is 1. The number of hydrogen-bond acceptors (Lipinski definition) is 6. The number of carboxylic acids is 1. The summed E-state index contributed by atoms with van der Waals surface area (Å²) in [5, 5.41) is 13.8. The number of rotatable bonds is 3. The highest BCUT2D eigenvalue weighted by molar-refractivity contribution is 6.00. The van der Waals surface area contributed by atoms with Gasteiger partial charge in [0.1, 0.15) is 22.7 Å². The van der Waals surface area contributed by atoms with Gasteiger partial charge < -0.3 is 14.5 Å². The molecule has 0 amide bonds. The lowest BCUT2D eigenvalue weighted by Crippen LogP contribution is -2.31. The summed E-state index contributed by atoms with van der Waals surface area (Å²) in [5.41, 5.74) is 1.03. The van der Waals surface area contributed by atoms with E-state index in [9.17, 15) is 14.3 Å². The third-order valence-electron chi connectivity index (χ3n) is 4.26. The minimum absolute atomic E-state index is 0.0900. The molecule has 0 spiro atoms. The number of fused-ring (bicyclic) bond motifs is 1. The fraction of sp³-hybridized carbons (Fsp3) is 0.294. The zero-order chi connectivity index (χ0) is 17.4. The van der Waals surface area contributed by atoms with Crippen molar-refractivity contribution < 1.29 is 18.8 Å². The van der Waals surface area contributed by atoms with Crippen molar-refractivity contribution in [3.8, 4) is 11.3 Å². The quantitative estimate of drug-likeness (QED) is 0.782. The average Bonchev–Trinajstić information content (AvgIpc) is 3.05. The van der Waals surface area contributed by atoms with E-state index in [0.29, 0.717) is 22.5 Å². The van der Waals surface area contributed by atoms with Gasteiger partial charge in [0.2, 0.25) is 5.82 Å². The SMILES string of the molecule is O=C(O)c1nc(N2CCCCC2)c2c(-c3cccc(F)c3)noc2n1. The van der Waals surface area contributed by atoms with E-state index >= 15 is 0 Å². The second-order valence-electron chi connectivity index (χ2n) is 5.95. The van der Waals surface area contributed by atoms with E-state index in [0.717, 1.165) is 32.4 Å². The summed E-state index contributed by atoms with van der Waals surface area (Å²) in [7, 11) is 0. The fourth-order valence-corrected chi connectivity index (χ4v) is 3.10. The average molecular weight is 342 g/mol. The van der Waals surface area contributed by atoms with Crippen LogP contribution in [-0.2, 0) is 0 Å². The molecule has 0 unspecified atom stereocenters. The predicted octanol–water partition coefficient (Wildman–Crippen LogP) is 3.11. The van der Waals surface area contributed by atoms with Gasteiger partial charge in [-0.05, 0) is 31.4 Å². The Morgan fingerprint density at radius 2 is 2.00 bits per heavy atom. The monoisotopic (exact) mass is 342 g/mol. The fourth-order valence-electron chi connectivity index (χ4n) is 3.10. The standard InChI is InChI=1S/C17H15FN4O3/c18-11-6-4-5-10(9-11)13-12-15(22-7-2-1-3-8-22)19-14(17(23)24)20-16(12)25-21-13/h4-6,9H,1-3,7-8H2,(H,23,24). The van der Waals surface area contributed by atoms with Gasteiger partial charge in [-0.2, -0.15) is 4.98 Å². The minimum atomic E-state index is -1.23. The summed E-state index contributed by atoms with van der Waals surface area (Å²) >= 11 is 0. The van der Waals surface area contributed by atoms with Crippen LogP contribution >= 0.6 is 0 Å². The zero-order valence-electron chi connectivity index (χ0n) is 13.3. The lowest BCUT2D eigenvalue weighted by atomic mass is 10.1. The Balaban J connectivity index is 1.95. The first-order chi connectivity index (χ1) is 12.1. The summed E-state index contributed by atoms with van der Waals surface area (Å²) in [6.07, 6.45) is 3.11. The van der Waals surface area contributed by atoms with E-state index in [1.807, 2.05) is 4.90 Å². The number of hydrogen-bond donors (Lipinski definition) is 1. The second-order valence-corrected chi connectivity index (χ2v) is 5.95. The molecule has 1 saturated heterocycles. The summed E-state index contributed by atoms with van der Waals surface area (Å²) in [6.45, 7) is 1.53. The molecule has 4 rings (SSSR count). The largest absolute Gasteiger partial charge is 0.475 e. The van der Waals surface area contributed by atoms with Crippen LogP contribution < -0.4 is 4.90 Å². The molecule has 1 aliphatic heterocycles. The predicted molar refractivity (Wildman–Crippen MR) is 88.0 cm³/mol. The van der Waals surface area contributed by atoms with Crippen LogP contribution in [0.1, 0.15) is 29.9 Å². The second kappa shape index (κ2) is 6.12. The number of anilines is 1. The molecule has 1 aliphatic rings. The molecule has 128 valence electrons. The third-order valence-corrected chi connectivity index (χ3v) is 4.26. The van der Waals surface area contributed by atoms with Crippen molar-refractivity contribution in [3.05, 3.63) is 35.9 Å². The number of nitrogens with zero attached hydrogens (tertiary/aromatic N) is 4. The highest BCUT2D eigenvalue weighted by Gasteiger charge is 2.25. The number of halogens is 1. The van der Waals surface area contributed by atoms with Gasteiger partial charge in [-0.25, -0.2) is 14.2 Å². The number of benzene rings is 1.